The fourth-order valence-electron chi connectivity index (χ4n) is 5.99. The van der Waals surface area contributed by atoms with E-state index in [4.69, 9.17) is 9.47 Å². The van der Waals surface area contributed by atoms with Crippen LogP contribution in [0.25, 0.3) is 0 Å². The molecule has 0 radical (unpaired) electrons. The number of nitrogens with zero attached hydrogens (tertiary/aromatic N) is 4. The first-order valence-corrected chi connectivity index (χ1v) is 13.5. The molecular formula is C28H38FN5O3. The van der Waals surface area contributed by atoms with Gasteiger partial charge in [0.2, 0.25) is 0 Å². The summed E-state index contributed by atoms with van der Waals surface area (Å²) in [7, 11) is 1.74. The van der Waals surface area contributed by atoms with Crippen LogP contribution in [0.2, 0.25) is 0 Å². The van der Waals surface area contributed by atoms with Gasteiger partial charge in [-0.2, -0.15) is 0 Å². The molecule has 4 heterocycles. The number of nitrogens with one attached hydrogen (secondary N) is 1. The van der Waals surface area contributed by atoms with Crippen LogP contribution in [0.4, 0.5) is 10.2 Å². The van der Waals surface area contributed by atoms with Gasteiger partial charge in [-0.1, -0.05) is 12.1 Å². The lowest BCUT2D eigenvalue weighted by molar-refractivity contribution is -0.0533. The highest BCUT2D eigenvalue weighted by molar-refractivity contribution is 5.94. The van der Waals surface area contributed by atoms with Crippen LogP contribution in [0.15, 0.2) is 30.6 Å². The van der Waals surface area contributed by atoms with Crippen LogP contribution in [-0.2, 0) is 9.47 Å². The zero-order valence-electron chi connectivity index (χ0n) is 21.9. The lowest BCUT2D eigenvalue weighted by Crippen LogP contribution is -2.54. The van der Waals surface area contributed by atoms with Gasteiger partial charge in [-0.05, 0) is 56.7 Å². The van der Waals surface area contributed by atoms with Crippen LogP contribution >= 0.6 is 0 Å². The number of rotatable bonds is 6. The van der Waals surface area contributed by atoms with Crippen molar-refractivity contribution >= 4 is 11.7 Å². The Kier molecular flexibility index (Phi) is 8.32. The molecule has 3 saturated heterocycles. The van der Waals surface area contributed by atoms with Gasteiger partial charge >= 0.3 is 0 Å². The summed E-state index contributed by atoms with van der Waals surface area (Å²) in [5.41, 5.74) is 2.46. The number of hydrogen-bond donors (Lipinski definition) is 1. The summed E-state index contributed by atoms with van der Waals surface area (Å²) in [6.45, 7) is 6.42. The van der Waals surface area contributed by atoms with Gasteiger partial charge in [0.25, 0.3) is 5.91 Å². The number of likely N-dealkylation sites (tertiary alicyclic amines) is 1. The fourth-order valence-corrected chi connectivity index (χ4v) is 5.99. The summed E-state index contributed by atoms with van der Waals surface area (Å²) in [6.07, 6.45) is 6.42. The van der Waals surface area contributed by atoms with Gasteiger partial charge in [-0.15, -0.1) is 0 Å². The van der Waals surface area contributed by atoms with E-state index in [0.29, 0.717) is 43.4 Å². The molecule has 1 amide bonds. The number of ether oxygens (including phenoxy) is 2. The number of methoxy groups -OCH3 is 1. The van der Waals surface area contributed by atoms with Crippen molar-refractivity contribution < 1.29 is 18.7 Å². The molecule has 3 aliphatic rings. The molecule has 1 aromatic heterocycles. The van der Waals surface area contributed by atoms with E-state index in [0.717, 1.165) is 68.7 Å². The molecule has 2 aromatic rings. The molecule has 8 nitrogen and oxygen atoms in total. The average molecular weight is 512 g/mol. The summed E-state index contributed by atoms with van der Waals surface area (Å²) in [4.78, 5) is 26.7. The molecule has 37 heavy (non-hydrogen) atoms. The predicted molar refractivity (Wildman–Crippen MR) is 139 cm³/mol. The number of amides is 1. The highest BCUT2D eigenvalue weighted by Gasteiger charge is 2.32. The van der Waals surface area contributed by atoms with E-state index in [1.54, 1.807) is 7.11 Å². The van der Waals surface area contributed by atoms with E-state index in [-0.39, 0.29) is 17.8 Å². The Balaban J connectivity index is 1.21. The molecule has 0 spiro atoms. The molecule has 0 saturated carbocycles. The lowest BCUT2D eigenvalue weighted by atomic mass is 9.90. The maximum Gasteiger partial charge on any atom is 0.272 e. The van der Waals surface area contributed by atoms with Crippen LogP contribution < -0.4 is 10.2 Å². The first-order valence-electron chi connectivity index (χ1n) is 13.5. The third-order valence-corrected chi connectivity index (χ3v) is 8.16. The largest absolute Gasteiger partial charge is 0.379 e. The van der Waals surface area contributed by atoms with Crippen LogP contribution in [0, 0.1) is 12.7 Å². The third kappa shape index (κ3) is 5.94. The minimum Gasteiger partial charge on any atom is -0.379 e. The number of benzene rings is 1. The highest BCUT2D eigenvalue weighted by atomic mass is 19.1. The SMILES string of the molecule is COC1COCCC1NC1CCN(C(=O)c2ncnc(N3CCCC(c4ccc(F)cc4)C3)c2C)CC1. The standard InChI is InChI=1S/C28H38FN5O3/c1-19-26(28(35)33-13-9-23(10-14-33)32-24-11-15-37-17-25(24)36-2)30-18-31-27(19)34-12-3-4-21(16-34)20-5-7-22(29)8-6-20/h5-8,18,21,23-25,32H,3-4,9-17H2,1-2H3. The number of carbonyl (C=O) groups excluding carboxylic acids is 1. The number of hydrogen-bond acceptors (Lipinski definition) is 7. The van der Waals surface area contributed by atoms with Crippen LogP contribution in [0.5, 0.6) is 0 Å². The van der Waals surface area contributed by atoms with Gasteiger partial charge < -0.3 is 24.6 Å². The Bertz CT molecular complexity index is 1060. The van der Waals surface area contributed by atoms with E-state index >= 15 is 0 Å². The Morgan fingerprint density at radius 3 is 2.65 bits per heavy atom. The summed E-state index contributed by atoms with van der Waals surface area (Å²) >= 11 is 0. The maximum absolute atomic E-state index is 13.5. The molecule has 3 unspecified atom stereocenters. The number of carbonyl (C=O) groups is 1. The summed E-state index contributed by atoms with van der Waals surface area (Å²) in [5, 5.41) is 3.75. The van der Waals surface area contributed by atoms with Crippen molar-refractivity contribution in [1.29, 1.82) is 0 Å². The Morgan fingerprint density at radius 2 is 1.89 bits per heavy atom. The van der Waals surface area contributed by atoms with Crippen LogP contribution in [0.3, 0.4) is 0 Å². The molecule has 9 heteroatoms. The molecule has 1 aromatic carbocycles. The Labute approximate surface area is 218 Å². The van der Waals surface area contributed by atoms with Gasteiger partial charge in [0.05, 0.1) is 12.7 Å². The average Bonchev–Trinajstić information content (AvgIpc) is 2.94. The second-order valence-electron chi connectivity index (χ2n) is 10.5. The first kappa shape index (κ1) is 26.0. The van der Waals surface area contributed by atoms with Gasteiger partial charge in [-0.3, -0.25) is 4.79 Å². The van der Waals surface area contributed by atoms with Crippen molar-refractivity contribution in [3.05, 3.63) is 53.2 Å². The molecule has 5 rings (SSSR count). The van der Waals surface area contributed by atoms with Crippen LogP contribution in [0.1, 0.15) is 59.6 Å². The maximum atomic E-state index is 13.5. The zero-order chi connectivity index (χ0) is 25.8. The second-order valence-corrected chi connectivity index (χ2v) is 10.5. The summed E-state index contributed by atoms with van der Waals surface area (Å²) in [6, 6.07) is 7.46. The molecule has 1 N–H and O–H groups in total. The van der Waals surface area contributed by atoms with E-state index in [1.165, 1.54) is 18.5 Å². The minimum absolute atomic E-state index is 0.0208. The molecular weight excluding hydrogens is 473 g/mol. The molecule has 200 valence electrons. The zero-order valence-corrected chi connectivity index (χ0v) is 21.9. The number of piperidine rings is 2. The molecule has 0 aliphatic carbocycles. The van der Waals surface area contributed by atoms with Gasteiger partial charge in [0.15, 0.2) is 0 Å². The minimum atomic E-state index is -0.214. The fraction of sp³-hybridized carbons (Fsp3) is 0.607. The molecule has 3 atom stereocenters. The quantitative estimate of drug-likeness (QED) is 0.638. The van der Waals surface area contributed by atoms with Crippen molar-refractivity contribution in [2.24, 2.45) is 0 Å². The van der Waals surface area contributed by atoms with Gasteiger partial charge in [0.1, 0.15) is 23.7 Å². The van der Waals surface area contributed by atoms with Crippen molar-refractivity contribution in [1.82, 2.24) is 20.2 Å². The van der Waals surface area contributed by atoms with E-state index in [1.807, 2.05) is 24.0 Å². The highest BCUT2D eigenvalue weighted by Crippen LogP contribution is 2.31. The Morgan fingerprint density at radius 1 is 1.11 bits per heavy atom. The summed E-state index contributed by atoms with van der Waals surface area (Å²) < 4.78 is 24.5. The molecule has 3 aliphatic heterocycles. The lowest BCUT2D eigenvalue weighted by Gasteiger charge is -2.38. The smallest absolute Gasteiger partial charge is 0.272 e. The van der Waals surface area contributed by atoms with Crippen molar-refractivity contribution in [3.8, 4) is 0 Å². The number of aromatic nitrogens is 2. The van der Waals surface area contributed by atoms with Crippen molar-refractivity contribution in [3.63, 3.8) is 0 Å². The summed E-state index contributed by atoms with van der Waals surface area (Å²) in [5.74, 6) is 0.899. The van der Waals surface area contributed by atoms with E-state index < -0.39 is 0 Å². The first-order chi connectivity index (χ1) is 18.0. The van der Waals surface area contributed by atoms with Crippen molar-refractivity contribution in [2.45, 2.75) is 63.1 Å². The Hall–Kier alpha value is -2.62. The topological polar surface area (TPSA) is 79.8 Å². The van der Waals surface area contributed by atoms with E-state index in [9.17, 15) is 9.18 Å². The van der Waals surface area contributed by atoms with Gasteiger partial charge in [-0.25, -0.2) is 14.4 Å². The normalized spacial score (nSPS) is 25.3. The van der Waals surface area contributed by atoms with E-state index in [2.05, 4.69) is 20.2 Å². The van der Waals surface area contributed by atoms with Crippen molar-refractivity contribution in [2.75, 3.05) is 51.4 Å². The third-order valence-electron chi connectivity index (χ3n) is 8.16. The predicted octanol–water partition coefficient (Wildman–Crippen LogP) is 3.31. The second kappa shape index (κ2) is 11.8. The molecule has 3 fully saturated rings. The number of halogens is 1. The number of anilines is 1. The monoisotopic (exact) mass is 511 g/mol. The van der Waals surface area contributed by atoms with Gasteiger partial charge in [0, 0.05) is 63.5 Å². The van der Waals surface area contributed by atoms with Crippen LogP contribution in [-0.4, -0.2) is 85.5 Å². The molecule has 0 bridgehead atoms.